The smallest absolute Gasteiger partial charge is 0.310 e. The summed E-state index contributed by atoms with van der Waals surface area (Å²) in [4.78, 5) is 10.1. The highest BCUT2D eigenvalue weighted by Gasteiger charge is 2.15. The number of nitro groups is 1. The molecule has 5 nitrogen and oxygen atoms in total. The molecule has 1 rings (SSSR count). The quantitative estimate of drug-likeness (QED) is 0.588. The maximum absolute atomic E-state index is 10.6. The van der Waals surface area contributed by atoms with Crippen molar-refractivity contribution >= 4 is 5.69 Å². The van der Waals surface area contributed by atoms with Crippen molar-refractivity contribution in [3.63, 3.8) is 0 Å². The van der Waals surface area contributed by atoms with Crippen molar-refractivity contribution in [1.29, 1.82) is 0 Å². The summed E-state index contributed by atoms with van der Waals surface area (Å²) in [7, 11) is 1.40. The van der Waals surface area contributed by atoms with Crippen molar-refractivity contribution in [1.82, 2.24) is 0 Å². The largest absolute Gasteiger partial charge is 0.490 e. The van der Waals surface area contributed by atoms with E-state index in [4.69, 9.17) is 10.5 Å². The van der Waals surface area contributed by atoms with E-state index >= 15 is 0 Å². The Morgan fingerprint density at radius 1 is 1.57 bits per heavy atom. The molecule has 0 bridgehead atoms. The number of nitrogens with zero attached hydrogens (tertiary/aromatic N) is 1. The van der Waals surface area contributed by atoms with E-state index in [-0.39, 0.29) is 17.5 Å². The maximum atomic E-state index is 10.6. The highest BCUT2D eigenvalue weighted by Crippen LogP contribution is 2.28. The molecule has 0 aliphatic rings. The number of rotatable bonds is 3. The highest BCUT2D eigenvalue weighted by atomic mass is 16.6. The first-order valence-corrected chi connectivity index (χ1v) is 4.14. The summed E-state index contributed by atoms with van der Waals surface area (Å²) >= 11 is 0. The van der Waals surface area contributed by atoms with Gasteiger partial charge in [-0.15, -0.1) is 0 Å². The third-order valence-corrected chi connectivity index (χ3v) is 1.93. The van der Waals surface area contributed by atoms with Gasteiger partial charge in [-0.3, -0.25) is 10.1 Å². The predicted molar refractivity (Wildman–Crippen MR) is 52.3 cm³/mol. The molecule has 0 aromatic heterocycles. The van der Waals surface area contributed by atoms with Crippen LogP contribution in [0.25, 0.3) is 0 Å². The van der Waals surface area contributed by atoms with Crippen molar-refractivity contribution in [2.45, 2.75) is 13.0 Å². The molecule has 1 atom stereocenters. The van der Waals surface area contributed by atoms with Crippen LogP contribution in [0.15, 0.2) is 18.2 Å². The second kappa shape index (κ2) is 4.06. The van der Waals surface area contributed by atoms with Crippen molar-refractivity contribution in [2.75, 3.05) is 7.11 Å². The van der Waals surface area contributed by atoms with Gasteiger partial charge in [0.15, 0.2) is 5.75 Å². The minimum atomic E-state index is -0.482. The van der Waals surface area contributed by atoms with Crippen molar-refractivity contribution in [3.05, 3.63) is 33.9 Å². The van der Waals surface area contributed by atoms with Gasteiger partial charge in [0.1, 0.15) is 0 Å². The Morgan fingerprint density at radius 2 is 2.21 bits per heavy atom. The maximum Gasteiger partial charge on any atom is 0.310 e. The topological polar surface area (TPSA) is 78.4 Å². The van der Waals surface area contributed by atoms with Gasteiger partial charge >= 0.3 is 5.69 Å². The van der Waals surface area contributed by atoms with Crippen LogP contribution in [0.5, 0.6) is 5.75 Å². The number of ether oxygens (including phenoxy) is 1. The fourth-order valence-electron chi connectivity index (χ4n) is 1.13. The van der Waals surface area contributed by atoms with Crippen molar-refractivity contribution in [2.24, 2.45) is 5.73 Å². The minimum absolute atomic E-state index is 0.0445. The van der Waals surface area contributed by atoms with E-state index in [0.717, 1.165) is 5.56 Å². The van der Waals surface area contributed by atoms with E-state index in [0.29, 0.717) is 0 Å². The molecular weight excluding hydrogens is 184 g/mol. The van der Waals surface area contributed by atoms with Crippen LogP contribution in [0, 0.1) is 10.1 Å². The third kappa shape index (κ3) is 2.00. The zero-order valence-corrected chi connectivity index (χ0v) is 8.06. The molecule has 0 aliphatic heterocycles. The number of hydrogen-bond donors (Lipinski definition) is 1. The molecule has 0 heterocycles. The van der Waals surface area contributed by atoms with Crippen LogP contribution in [-0.4, -0.2) is 12.0 Å². The second-order valence-electron chi connectivity index (χ2n) is 2.98. The Morgan fingerprint density at radius 3 is 2.64 bits per heavy atom. The van der Waals surface area contributed by atoms with Crippen LogP contribution in [0.4, 0.5) is 5.69 Å². The normalized spacial score (nSPS) is 12.2. The van der Waals surface area contributed by atoms with Gasteiger partial charge in [-0.1, -0.05) is 6.07 Å². The van der Waals surface area contributed by atoms with Gasteiger partial charge in [0, 0.05) is 12.1 Å². The Balaban J connectivity index is 3.18. The van der Waals surface area contributed by atoms with Crippen LogP contribution in [0.3, 0.4) is 0 Å². The molecule has 0 saturated carbocycles. The van der Waals surface area contributed by atoms with E-state index in [1.54, 1.807) is 19.1 Å². The molecule has 1 unspecified atom stereocenters. The summed E-state index contributed by atoms with van der Waals surface area (Å²) in [6.07, 6.45) is 0. The van der Waals surface area contributed by atoms with Gasteiger partial charge in [-0.05, 0) is 18.6 Å². The molecule has 0 amide bonds. The lowest BCUT2D eigenvalue weighted by Crippen LogP contribution is -2.05. The third-order valence-electron chi connectivity index (χ3n) is 1.93. The Labute approximate surface area is 81.6 Å². The highest BCUT2D eigenvalue weighted by molar-refractivity contribution is 5.48. The van der Waals surface area contributed by atoms with E-state index in [9.17, 15) is 10.1 Å². The molecule has 76 valence electrons. The van der Waals surface area contributed by atoms with Gasteiger partial charge in [0.2, 0.25) is 0 Å². The number of benzene rings is 1. The summed E-state index contributed by atoms with van der Waals surface area (Å²) in [6.45, 7) is 1.81. The fourth-order valence-corrected chi connectivity index (χ4v) is 1.13. The van der Waals surface area contributed by atoms with Crippen molar-refractivity contribution < 1.29 is 9.66 Å². The first-order chi connectivity index (χ1) is 6.56. The average molecular weight is 196 g/mol. The van der Waals surface area contributed by atoms with Crippen LogP contribution < -0.4 is 10.5 Å². The van der Waals surface area contributed by atoms with Gasteiger partial charge < -0.3 is 10.5 Å². The number of nitrogens with two attached hydrogens (primary N) is 1. The SMILES string of the molecule is COc1cc(C(C)N)ccc1[N+](=O)[O-]. The Kier molecular flexibility index (Phi) is 3.03. The van der Waals surface area contributed by atoms with Crippen molar-refractivity contribution in [3.8, 4) is 5.75 Å². The summed E-state index contributed by atoms with van der Waals surface area (Å²) in [5.41, 5.74) is 6.41. The number of nitro benzene ring substituents is 1. The van der Waals surface area contributed by atoms with Gasteiger partial charge in [-0.25, -0.2) is 0 Å². The van der Waals surface area contributed by atoms with Crippen LogP contribution in [-0.2, 0) is 0 Å². The van der Waals surface area contributed by atoms with Crippen LogP contribution in [0.1, 0.15) is 18.5 Å². The predicted octanol–water partition coefficient (Wildman–Crippen LogP) is 1.62. The molecule has 5 heteroatoms. The summed E-state index contributed by atoms with van der Waals surface area (Å²) in [6, 6.07) is 4.45. The number of methoxy groups -OCH3 is 1. The fraction of sp³-hybridized carbons (Fsp3) is 0.333. The first kappa shape index (κ1) is 10.5. The zero-order chi connectivity index (χ0) is 10.7. The first-order valence-electron chi connectivity index (χ1n) is 4.14. The lowest BCUT2D eigenvalue weighted by atomic mass is 10.1. The van der Waals surface area contributed by atoms with E-state index in [2.05, 4.69) is 0 Å². The lowest BCUT2D eigenvalue weighted by Gasteiger charge is -2.07. The second-order valence-corrected chi connectivity index (χ2v) is 2.98. The van der Waals surface area contributed by atoms with Gasteiger partial charge in [-0.2, -0.15) is 0 Å². The standard InChI is InChI=1S/C9H12N2O3/c1-6(10)7-3-4-8(11(12)13)9(5-7)14-2/h3-6H,10H2,1-2H3. The molecule has 0 spiro atoms. The zero-order valence-electron chi connectivity index (χ0n) is 8.06. The van der Waals surface area contributed by atoms with E-state index in [1.165, 1.54) is 13.2 Å². The Hall–Kier alpha value is -1.62. The minimum Gasteiger partial charge on any atom is -0.490 e. The number of hydrogen-bond acceptors (Lipinski definition) is 4. The molecule has 0 fully saturated rings. The Bertz CT molecular complexity index is 350. The van der Waals surface area contributed by atoms with Gasteiger partial charge in [0.25, 0.3) is 0 Å². The average Bonchev–Trinajstić information content (AvgIpc) is 2.16. The molecule has 0 saturated heterocycles. The molecule has 0 radical (unpaired) electrons. The van der Waals surface area contributed by atoms with E-state index in [1.807, 2.05) is 0 Å². The molecular formula is C9H12N2O3. The van der Waals surface area contributed by atoms with Crippen LogP contribution >= 0.6 is 0 Å². The van der Waals surface area contributed by atoms with Crippen LogP contribution in [0.2, 0.25) is 0 Å². The molecule has 0 aliphatic carbocycles. The molecule has 14 heavy (non-hydrogen) atoms. The summed E-state index contributed by atoms with van der Waals surface area (Å²) in [5, 5.41) is 10.6. The van der Waals surface area contributed by atoms with Gasteiger partial charge in [0.05, 0.1) is 12.0 Å². The molecule has 1 aromatic carbocycles. The van der Waals surface area contributed by atoms with E-state index < -0.39 is 4.92 Å². The summed E-state index contributed by atoms with van der Waals surface area (Å²) < 4.78 is 4.90. The molecule has 2 N–H and O–H groups in total. The summed E-state index contributed by atoms with van der Waals surface area (Å²) in [5.74, 6) is 0.241. The molecule has 1 aromatic rings. The lowest BCUT2D eigenvalue weighted by molar-refractivity contribution is -0.385. The monoisotopic (exact) mass is 196 g/mol.